The minimum atomic E-state index is 0.780. The lowest BCUT2D eigenvalue weighted by Crippen LogP contribution is -1.97. The van der Waals surface area contributed by atoms with Crippen molar-refractivity contribution >= 4 is 11.4 Å². The zero-order chi connectivity index (χ0) is 21.3. The third kappa shape index (κ3) is 11.6. The highest BCUT2D eigenvalue weighted by atomic mass is 16.5. The third-order valence-electron chi connectivity index (χ3n) is 5.34. The summed E-state index contributed by atoms with van der Waals surface area (Å²) in [6.07, 6.45) is 15.6. The van der Waals surface area contributed by atoms with E-state index in [1.807, 2.05) is 48.5 Å². The fourth-order valence-electron chi connectivity index (χ4n) is 3.48. The van der Waals surface area contributed by atoms with Crippen LogP contribution in [0.4, 0.5) is 11.4 Å². The van der Waals surface area contributed by atoms with Gasteiger partial charge in [0.1, 0.15) is 11.5 Å². The van der Waals surface area contributed by atoms with Crippen molar-refractivity contribution in [1.29, 1.82) is 0 Å². The summed E-state index contributed by atoms with van der Waals surface area (Å²) < 4.78 is 11.5. The maximum atomic E-state index is 5.73. The van der Waals surface area contributed by atoms with Crippen LogP contribution < -0.4 is 20.9 Å². The molecule has 0 aliphatic rings. The maximum Gasteiger partial charge on any atom is 0.119 e. The van der Waals surface area contributed by atoms with Crippen LogP contribution in [0.1, 0.15) is 77.0 Å². The van der Waals surface area contributed by atoms with Gasteiger partial charge in [-0.25, -0.2) is 0 Å². The minimum Gasteiger partial charge on any atom is -0.494 e. The van der Waals surface area contributed by atoms with E-state index in [0.29, 0.717) is 0 Å². The van der Waals surface area contributed by atoms with Gasteiger partial charge in [0.2, 0.25) is 0 Å². The molecule has 2 aromatic carbocycles. The van der Waals surface area contributed by atoms with Crippen molar-refractivity contribution in [3.63, 3.8) is 0 Å². The first-order chi connectivity index (χ1) is 14.7. The van der Waals surface area contributed by atoms with Crippen LogP contribution in [0.25, 0.3) is 0 Å². The van der Waals surface area contributed by atoms with Gasteiger partial charge in [-0.05, 0) is 61.4 Å². The molecule has 2 aromatic rings. The van der Waals surface area contributed by atoms with Gasteiger partial charge in [-0.1, -0.05) is 64.2 Å². The van der Waals surface area contributed by atoms with E-state index < -0.39 is 0 Å². The number of hydrogen-bond donors (Lipinski definition) is 2. The van der Waals surface area contributed by atoms with Crippen molar-refractivity contribution < 1.29 is 9.47 Å². The summed E-state index contributed by atoms with van der Waals surface area (Å²) in [5, 5.41) is 0. The van der Waals surface area contributed by atoms with E-state index in [2.05, 4.69) is 0 Å². The van der Waals surface area contributed by atoms with Crippen LogP contribution in [0.2, 0.25) is 0 Å². The molecule has 0 saturated carbocycles. The molecule has 4 nitrogen and oxygen atoms in total. The van der Waals surface area contributed by atoms with E-state index in [9.17, 15) is 0 Å². The lowest BCUT2D eigenvalue weighted by Gasteiger charge is -2.07. The summed E-state index contributed by atoms with van der Waals surface area (Å²) in [7, 11) is 0. The second-order valence-electron chi connectivity index (χ2n) is 8.08. The van der Waals surface area contributed by atoms with Gasteiger partial charge in [-0.2, -0.15) is 0 Å². The number of nitrogens with two attached hydrogens (primary N) is 2. The Morgan fingerprint density at radius 1 is 0.400 bits per heavy atom. The highest BCUT2D eigenvalue weighted by molar-refractivity contribution is 5.42. The average molecular weight is 413 g/mol. The Kier molecular flexibility index (Phi) is 12.3. The lowest BCUT2D eigenvalue weighted by atomic mass is 10.1. The Labute approximate surface area is 183 Å². The molecule has 0 amide bonds. The molecule has 0 heterocycles. The van der Waals surface area contributed by atoms with Crippen LogP contribution in [0.15, 0.2) is 48.5 Å². The second-order valence-corrected chi connectivity index (χ2v) is 8.08. The molecule has 30 heavy (non-hydrogen) atoms. The average Bonchev–Trinajstić information content (AvgIpc) is 2.76. The summed E-state index contributed by atoms with van der Waals surface area (Å²) in [6.45, 7) is 1.60. The Morgan fingerprint density at radius 3 is 0.967 bits per heavy atom. The Morgan fingerprint density at radius 2 is 0.667 bits per heavy atom. The zero-order valence-corrected chi connectivity index (χ0v) is 18.5. The van der Waals surface area contributed by atoms with Gasteiger partial charge >= 0.3 is 0 Å². The summed E-state index contributed by atoms with van der Waals surface area (Å²) >= 11 is 0. The molecule has 0 radical (unpaired) electrons. The first kappa shape index (κ1) is 23.9. The van der Waals surface area contributed by atoms with E-state index in [1.165, 1.54) is 64.2 Å². The standard InChI is InChI=1S/C26H40N2O2/c27-23-13-17-25(18-14-23)29-21-11-9-7-5-3-1-2-4-6-8-10-12-22-30-26-19-15-24(28)16-20-26/h13-20H,1-12,21-22,27-28H2. The topological polar surface area (TPSA) is 70.5 Å². The second kappa shape index (κ2) is 15.5. The van der Waals surface area contributed by atoms with Crippen LogP contribution >= 0.6 is 0 Å². The predicted molar refractivity (Wildman–Crippen MR) is 128 cm³/mol. The quantitative estimate of drug-likeness (QED) is 0.217. The van der Waals surface area contributed by atoms with Gasteiger partial charge in [0.05, 0.1) is 13.2 Å². The fraction of sp³-hybridized carbons (Fsp3) is 0.538. The molecule has 166 valence electrons. The molecule has 0 saturated heterocycles. The first-order valence-corrected chi connectivity index (χ1v) is 11.7. The largest absolute Gasteiger partial charge is 0.494 e. The number of anilines is 2. The van der Waals surface area contributed by atoms with Gasteiger partial charge in [0.25, 0.3) is 0 Å². The number of ether oxygens (including phenoxy) is 2. The molecule has 4 heteroatoms. The van der Waals surface area contributed by atoms with E-state index >= 15 is 0 Å². The molecule has 0 spiro atoms. The van der Waals surface area contributed by atoms with E-state index in [1.54, 1.807) is 0 Å². The summed E-state index contributed by atoms with van der Waals surface area (Å²) in [6, 6.07) is 15.3. The molecule has 0 atom stereocenters. The fourth-order valence-corrected chi connectivity index (χ4v) is 3.48. The molecule has 0 fully saturated rings. The highest BCUT2D eigenvalue weighted by Crippen LogP contribution is 2.16. The van der Waals surface area contributed by atoms with Crippen LogP contribution in [0, 0.1) is 0 Å². The number of nitrogen functional groups attached to an aromatic ring is 2. The first-order valence-electron chi connectivity index (χ1n) is 11.7. The van der Waals surface area contributed by atoms with Crippen LogP contribution in [0.5, 0.6) is 11.5 Å². The molecule has 4 N–H and O–H groups in total. The van der Waals surface area contributed by atoms with Crippen molar-refractivity contribution in [3.05, 3.63) is 48.5 Å². The normalized spacial score (nSPS) is 10.8. The third-order valence-corrected chi connectivity index (χ3v) is 5.34. The zero-order valence-electron chi connectivity index (χ0n) is 18.5. The number of hydrogen-bond acceptors (Lipinski definition) is 4. The van der Waals surface area contributed by atoms with Crippen molar-refractivity contribution in [2.45, 2.75) is 77.0 Å². The predicted octanol–water partition coefficient (Wildman–Crippen LogP) is 6.99. The Balaban J connectivity index is 1.27. The van der Waals surface area contributed by atoms with Gasteiger partial charge in [-0.3, -0.25) is 0 Å². The number of unbranched alkanes of at least 4 members (excludes halogenated alkanes) is 11. The Hall–Kier alpha value is -2.36. The van der Waals surface area contributed by atoms with Crippen molar-refractivity contribution in [2.75, 3.05) is 24.7 Å². The molecule has 2 rings (SSSR count). The molecule has 0 aliphatic carbocycles. The summed E-state index contributed by atoms with van der Waals surface area (Å²) in [5.74, 6) is 1.83. The molecule has 0 bridgehead atoms. The SMILES string of the molecule is Nc1ccc(OCCCCCCCCCCCCCCOc2ccc(N)cc2)cc1. The summed E-state index contributed by atoms with van der Waals surface area (Å²) in [4.78, 5) is 0. The molecular formula is C26H40N2O2. The van der Waals surface area contributed by atoms with E-state index in [0.717, 1.165) is 48.9 Å². The summed E-state index contributed by atoms with van der Waals surface area (Å²) in [5.41, 5.74) is 12.9. The van der Waals surface area contributed by atoms with Gasteiger partial charge < -0.3 is 20.9 Å². The van der Waals surface area contributed by atoms with Gasteiger partial charge in [0.15, 0.2) is 0 Å². The van der Waals surface area contributed by atoms with Crippen molar-refractivity contribution in [2.24, 2.45) is 0 Å². The monoisotopic (exact) mass is 412 g/mol. The smallest absolute Gasteiger partial charge is 0.119 e. The molecule has 0 aromatic heterocycles. The van der Waals surface area contributed by atoms with E-state index in [-0.39, 0.29) is 0 Å². The van der Waals surface area contributed by atoms with Crippen molar-refractivity contribution in [1.82, 2.24) is 0 Å². The highest BCUT2D eigenvalue weighted by Gasteiger charge is 1.97. The van der Waals surface area contributed by atoms with Gasteiger partial charge in [0, 0.05) is 11.4 Å². The number of benzene rings is 2. The number of rotatable bonds is 17. The molecule has 0 aliphatic heterocycles. The molecular weight excluding hydrogens is 372 g/mol. The van der Waals surface area contributed by atoms with Crippen LogP contribution in [0.3, 0.4) is 0 Å². The maximum absolute atomic E-state index is 5.73. The van der Waals surface area contributed by atoms with Gasteiger partial charge in [-0.15, -0.1) is 0 Å². The van der Waals surface area contributed by atoms with Crippen molar-refractivity contribution in [3.8, 4) is 11.5 Å². The lowest BCUT2D eigenvalue weighted by molar-refractivity contribution is 0.303. The van der Waals surface area contributed by atoms with E-state index in [4.69, 9.17) is 20.9 Å². The Bertz CT molecular complexity index is 596. The molecule has 0 unspecified atom stereocenters. The minimum absolute atomic E-state index is 0.780. The van der Waals surface area contributed by atoms with Crippen LogP contribution in [-0.4, -0.2) is 13.2 Å². The van der Waals surface area contributed by atoms with Crippen LogP contribution in [-0.2, 0) is 0 Å².